The summed E-state index contributed by atoms with van der Waals surface area (Å²) in [5, 5.41) is 4.04. The smallest absolute Gasteiger partial charge is 0.123 e. The van der Waals surface area contributed by atoms with E-state index in [0.717, 1.165) is 12.2 Å². The summed E-state index contributed by atoms with van der Waals surface area (Å²) >= 11 is 1.99. The number of halogens is 1. The van der Waals surface area contributed by atoms with E-state index in [4.69, 9.17) is 0 Å². The summed E-state index contributed by atoms with van der Waals surface area (Å²) in [6, 6.07) is 7.26. The lowest BCUT2D eigenvalue weighted by molar-refractivity contribution is 0.609. The van der Waals surface area contributed by atoms with Gasteiger partial charge in [0.25, 0.3) is 0 Å². The Labute approximate surface area is 108 Å². The number of thioether (sulfide) groups is 1. The van der Waals surface area contributed by atoms with E-state index in [2.05, 4.69) is 19.2 Å². The molecule has 0 aliphatic rings. The minimum atomic E-state index is -0.163. The van der Waals surface area contributed by atoms with Crippen molar-refractivity contribution in [1.82, 2.24) is 5.32 Å². The molecule has 0 radical (unpaired) electrons. The molecule has 2 atom stereocenters. The Kier molecular flexibility index (Phi) is 6.60. The lowest BCUT2D eigenvalue weighted by Crippen LogP contribution is -2.30. The van der Waals surface area contributed by atoms with Gasteiger partial charge in [0.2, 0.25) is 0 Å². The van der Waals surface area contributed by atoms with Gasteiger partial charge in [-0.25, -0.2) is 4.39 Å². The van der Waals surface area contributed by atoms with Crippen LogP contribution in [-0.2, 0) is 6.42 Å². The predicted molar refractivity (Wildman–Crippen MR) is 75.2 cm³/mol. The summed E-state index contributed by atoms with van der Waals surface area (Å²) in [5.74, 6) is 0.937. The Hall–Kier alpha value is -0.540. The molecule has 0 aromatic heterocycles. The van der Waals surface area contributed by atoms with Gasteiger partial charge in [-0.3, -0.25) is 0 Å². The molecule has 17 heavy (non-hydrogen) atoms. The first-order valence-corrected chi connectivity index (χ1v) is 7.23. The molecule has 1 N–H and O–H groups in total. The Morgan fingerprint density at radius 3 is 2.47 bits per heavy atom. The number of likely N-dealkylation sites (N-methyl/N-ethyl adjacent to an activating group) is 1. The molecule has 1 nitrogen and oxygen atoms in total. The molecule has 0 bridgehead atoms. The number of hydrogen-bond acceptors (Lipinski definition) is 2. The van der Waals surface area contributed by atoms with Crippen LogP contribution in [0.25, 0.3) is 0 Å². The molecular weight excluding hydrogens is 233 g/mol. The van der Waals surface area contributed by atoms with Gasteiger partial charge in [-0.05, 0) is 37.6 Å². The van der Waals surface area contributed by atoms with Crippen molar-refractivity contribution in [2.24, 2.45) is 0 Å². The van der Waals surface area contributed by atoms with Gasteiger partial charge < -0.3 is 5.32 Å². The van der Waals surface area contributed by atoms with E-state index in [1.165, 1.54) is 24.1 Å². The zero-order valence-electron chi connectivity index (χ0n) is 10.9. The number of rotatable bonds is 7. The molecule has 1 aromatic rings. The van der Waals surface area contributed by atoms with Crippen LogP contribution in [0.4, 0.5) is 4.39 Å². The molecule has 0 aliphatic heterocycles. The Morgan fingerprint density at radius 1 is 1.29 bits per heavy atom. The number of hydrogen-bond donors (Lipinski definition) is 1. The highest BCUT2D eigenvalue weighted by molar-refractivity contribution is 7.99. The SMILES string of the molecule is CCC(C)SCC(Cc1ccc(F)cc1)NC. The molecule has 0 amide bonds. The van der Waals surface area contributed by atoms with Crippen LogP contribution in [0.15, 0.2) is 24.3 Å². The van der Waals surface area contributed by atoms with E-state index >= 15 is 0 Å². The predicted octanol–water partition coefficient (Wildman–Crippen LogP) is 3.49. The van der Waals surface area contributed by atoms with Gasteiger partial charge in [-0.15, -0.1) is 0 Å². The average Bonchev–Trinajstić information content (AvgIpc) is 2.36. The zero-order valence-corrected chi connectivity index (χ0v) is 11.7. The van der Waals surface area contributed by atoms with Crippen molar-refractivity contribution in [2.75, 3.05) is 12.8 Å². The molecule has 0 saturated heterocycles. The summed E-state index contributed by atoms with van der Waals surface area (Å²) < 4.78 is 12.8. The van der Waals surface area contributed by atoms with E-state index in [1.807, 2.05) is 30.9 Å². The van der Waals surface area contributed by atoms with E-state index in [0.29, 0.717) is 11.3 Å². The third-order valence-corrected chi connectivity index (χ3v) is 4.46. The summed E-state index contributed by atoms with van der Waals surface area (Å²) in [7, 11) is 1.99. The highest BCUT2D eigenvalue weighted by Gasteiger charge is 2.09. The van der Waals surface area contributed by atoms with E-state index < -0.39 is 0 Å². The van der Waals surface area contributed by atoms with Gasteiger partial charge in [-0.2, -0.15) is 11.8 Å². The van der Waals surface area contributed by atoms with Crippen LogP contribution < -0.4 is 5.32 Å². The van der Waals surface area contributed by atoms with Crippen LogP contribution in [0.5, 0.6) is 0 Å². The van der Waals surface area contributed by atoms with Crippen molar-refractivity contribution < 1.29 is 4.39 Å². The molecule has 0 spiro atoms. The van der Waals surface area contributed by atoms with Crippen molar-refractivity contribution >= 4 is 11.8 Å². The van der Waals surface area contributed by atoms with Gasteiger partial charge in [0, 0.05) is 17.0 Å². The van der Waals surface area contributed by atoms with Gasteiger partial charge in [0.15, 0.2) is 0 Å². The fourth-order valence-corrected chi connectivity index (χ4v) is 2.63. The van der Waals surface area contributed by atoms with Crippen LogP contribution >= 0.6 is 11.8 Å². The minimum absolute atomic E-state index is 0.163. The zero-order chi connectivity index (χ0) is 12.7. The molecule has 2 unspecified atom stereocenters. The second-order valence-corrected chi connectivity index (χ2v) is 5.84. The second-order valence-electron chi connectivity index (χ2n) is 4.37. The molecule has 0 fully saturated rings. The Bertz CT molecular complexity index is 313. The van der Waals surface area contributed by atoms with Gasteiger partial charge in [0.1, 0.15) is 5.82 Å². The highest BCUT2D eigenvalue weighted by atomic mass is 32.2. The largest absolute Gasteiger partial charge is 0.316 e. The van der Waals surface area contributed by atoms with Gasteiger partial charge >= 0.3 is 0 Å². The summed E-state index contributed by atoms with van der Waals surface area (Å²) in [6.07, 6.45) is 2.16. The molecule has 0 aliphatic carbocycles. The van der Waals surface area contributed by atoms with Gasteiger partial charge in [-0.1, -0.05) is 26.0 Å². The first kappa shape index (κ1) is 14.5. The molecule has 1 rings (SSSR count). The Balaban J connectivity index is 2.43. The van der Waals surface area contributed by atoms with Gasteiger partial charge in [0.05, 0.1) is 0 Å². The molecular formula is C14H22FNS. The second kappa shape index (κ2) is 7.72. The summed E-state index contributed by atoms with van der Waals surface area (Å²) in [6.45, 7) is 4.47. The third-order valence-electron chi connectivity index (χ3n) is 2.96. The monoisotopic (exact) mass is 255 g/mol. The maximum Gasteiger partial charge on any atom is 0.123 e. The summed E-state index contributed by atoms with van der Waals surface area (Å²) in [5.41, 5.74) is 1.19. The van der Waals surface area contributed by atoms with Crippen LogP contribution in [0.2, 0.25) is 0 Å². The van der Waals surface area contributed by atoms with Crippen molar-refractivity contribution in [1.29, 1.82) is 0 Å². The first-order chi connectivity index (χ1) is 8.15. The normalized spacial score (nSPS) is 14.6. The Morgan fingerprint density at radius 2 is 1.94 bits per heavy atom. The first-order valence-electron chi connectivity index (χ1n) is 6.19. The van der Waals surface area contributed by atoms with Crippen molar-refractivity contribution in [3.05, 3.63) is 35.6 Å². The fourth-order valence-electron chi connectivity index (χ4n) is 1.55. The number of nitrogens with one attached hydrogen (secondary N) is 1. The van der Waals surface area contributed by atoms with Crippen molar-refractivity contribution in [3.8, 4) is 0 Å². The molecule has 3 heteroatoms. The van der Waals surface area contributed by atoms with Crippen LogP contribution in [-0.4, -0.2) is 24.1 Å². The molecule has 0 saturated carbocycles. The maximum atomic E-state index is 12.8. The van der Waals surface area contributed by atoms with Crippen LogP contribution in [0, 0.1) is 5.82 Å². The topological polar surface area (TPSA) is 12.0 Å². The fraction of sp³-hybridized carbons (Fsp3) is 0.571. The standard InChI is InChI=1S/C14H22FNS/c1-4-11(2)17-10-14(16-3)9-12-5-7-13(15)8-6-12/h5-8,11,14,16H,4,9-10H2,1-3H3. The quantitative estimate of drug-likeness (QED) is 0.800. The van der Waals surface area contributed by atoms with Crippen molar-refractivity contribution in [2.45, 2.75) is 38.0 Å². The third kappa shape index (κ3) is 5.55. The molecule has 0 heterocycles. The van der Waals surface area contributed by atoms with Crippen LogP contribution in [0.1, 0.15) is 25.8 Å². The maximum absolute atomic E-state index is 12.8. The lowest BCUT2D eigenvalue weighted by atomic mass is 10.1. The van der Waals surface area contributed by atoms with E-state index in [1.54, 1.807) is 0 Å². The molecule has 96 valence electrons. The average molecular weight is 255 g/mol. The molecule has 1 aromatic carbocycles. The van der Waals surface area contributed by atoms with Crippen LogP contribution in [0.3, 0.4) is 0 Å². The minimum Gasteiger partial charge on any atom is -0.316 e. The number of benzene rings is 1. The van der Waals surface area contributed by atoms with E-state index in [-0.39, 0.29) is 5.82 Å². The summed E-state index contributed by atoms with van der Waals surface area (Å²) in [4.78, 5) is 0. The highest BCUT2D eigenvalue weighted by Crippen LogP contribution is 2.16. The lowest BCUT2D eigenvalue weighted by Gasteiger charge is -2.18. The van der Waals surface area contributed by atoms with E-state index in [9.17, 15) is 4.39 Å². The van der Waals surface area contributed by atoms with Crippen molar-refractivity contribution in [3.63, 3.8) is 0 Å².